The van der Waals surface area contributed by atoms with Gasteiger partial charge in [-0.25, -0.2) is 9.59 Å². The van der Waals surface area contributed by atoms with Crippen molar-refractivity contribution >= 4 is 18.0 Å². The van der Waals surface area contributed by atoms with Crippen molar-refractivity contribution in [3.8, 4) is 11.5 Å². The summed E-state index contributed by atoms with van der Waals surface area (Å²) in [5.41, 5.74) is 0.685. The van der Waals surface area contributed by atoms with E-state index in [0.29, 0.717) is 11.1 Å². The molecule has 6 heteroatoms. The predicted molar refractivity (Wildman–Crippen MR) is 105 cm³/mol. The van der Waals surface area contributed by atoms with E-state index in [9.17, 15) is 19.8 Å². The highest BCUT2D eigenvalue weighted by Crippen LogP contribution is 2.17. The summed E-state index contributed by atoms with van der Waals surface area (Å²) < 4.78 is 10.7. The van der Waals surface area contributed by atoms with Crippen molar-refractivity contribution in [1.29, 1.82) is 0 Å². The Labute approximate surface area is 164 Å². The van der Waals surface area contributed by atoms with Gasteiger partial charge in [-0.3, -0.25) is 0 Å². The van der Waals surface area contributed by atoms with E-state index in [4.69, 9.17) is 9.47 Å². The van der Waals surface area contributed by atoms with Crippen LogP contribution in [-0.2, 0) is 25.5 Å². The number of ether oxygens (including phenoxy) is 2. The van der Waals surface area contributed by atoms with E-state index in [-0.39, 0.29) is 17.9 Å². The van der Waals surface area contributed by atoms with E-state index in [1.54, 1.807) is 45.0 Å². The number of esters is 2. The zero-order chi connectivity index (χ0) is 20.7. The quantitative estimate of drug-likeness (QED) is 0.584. The number of benzene rings is 2. The van der Waals surface area contributed by atoms with Crippen molar-refractivity contribution in [3.63, 3.8) is 0 Å². The average Bonchev–Trinajstić information content (AvgIpc) is 2.61. The lowest BCUT2D eigenvalue weighted by molar-refractivity contribution is -0.173. The summed E-state index contributed by atoms with van der Waals surface area (Å²) in [6, 6.07) is 12.6. The van der Waals surface area contributed by atoms with Crippen molar-refractivity contribution in [2.24, 2.45) is 0 Å². The minimum atomic E-state index is -1.12. The second-order valence-electron chi connectivity index (χ2n) is 7.25. The summed E-state index contributed by atoms with van der Waals surface area (Å²) in [6.07, 6.45) is 1.73. The Kier molecular flexibility index (Phi) is 6.82. The van der Waals surface area contributed by atoms with Gasteiger partial charge < -0.3 is 19.7 Å². The van der Waals surface area contributed by atoms with Crippen LogP contribution in [0.3, 0.4) is 0 Å². The standard InChI is InChI=1S/C22H24O6/c1-22(2,3)28-21(26)19(14-16-6-11-18(24)12-7-16)27-20(25)13-8-15-4-9-17(23)10-5-15/h4-13,19,23-24H,14H2,1-3H3/b13-8+/t19-/m1/s1. The number of hydrogen-bond acceptors (Lipinski definition) is 6. The molecule has 0 aliphatic carbocycles. The molecule has 0 heterocycles. The molecule has 0 spiro atoms. The third-order valence-electron chi connectivity index (χ3n) is 3.59. The molecule has 2 aromatic carbocycles. The lowest BCUT2D eigenvalue weighted by Gasteiger charge is -2.23. The SMILES string of the molecule is CC(C)(C)OC(=O)[C@@H](Cc1ccc(O)cc1)OC(=O)/C=C/c1ccc(O)cc1. The average molecular weight is 384 g/mol. The molecule has 0 fully saturated rings. The Balaban J connectivity index is 2.10. The lowest BCUT2D eigenvalue weighted by atomic mass is 10.1. The first-order valence-electron chi connectivity index (χ1n) is 8.81. The number of aromatic hydroxyl groups is 2. The van der Waals surface area contributed by atoms with Gasteiger partial charge in [0.05, 0.1) is 0 Å². The predicted octanol–water partition coefficient (Wildman–Crippen LogP) is 3.61. The molecule has 0 unspecified atom stereocenters. The fourth-order valence-corrected chi connectivity index (χ4v) is 2.32. The van der Waals surface area contributed by atoms with E-state index in [0.717, 1.165) is 0 Å². The Morgan fingerprint density at radius 1 is 0.964 bits per heavy atom. The molecule has 28 heavy (non-hydrogen) atoms. The Morgan fingerprint density at radius 3 is 2.04 bits per heavy atom. The van der Waals surface area contributed by atoms with E-state index < -0.39 is 23.6 Å². The first kappa shape index (κ1) is 21.0. The third-order valence-corrected chi connectivity index (χ3v) is 3.59. The van der Waals surface area contributed by atoms with Gasteiger partial charge in [0.25, 0.3) is 0 Å². The molecule has 0 bridgehead atoms. The third kappa shape index (κ3) is 7.15. The van der Waals surface area contributed by atoms with E-state index in [1.807, 2.05) is 0 Å². The topological polar surface area (TPSA) is 93.1 Å². The first-order valence-corrected chi connectivity index (χ1v) is 8.81. The largest absolute Gasteiger partial charge is 0.508 e. The smallest absolute Gasteiger partial charge is 0.348 e. The molecule has 0 saturated heterocycles. The van der Waals surface area contributed by atoms with Crippen LogP contribution in [-0.4, -0.2) is 33.9 Å². The molecular weight excluding hydrogens is 360 g/mol. The maximum atomic E-state index is 12.5. The van der Waals surface area contributed by atoms with Gasteiger partial charge in [-0.05, 0) is 62.2 Å². The molecule has 0 radical (unpaired) electrons. The number of phenolic OH excluding ortho intramolecular Hbond substituents is 2. The molecule has 2 aromatic rings. The van der Waals surface area contributed by atoms with Crippen LogP contribution in [0.25, 0.3) is 6.08 Å². The number of carbonyl (C=O) groups is 2. The molecule has 2 rings (SSSR count). The van der Waals surface area contributed by atoms with Gasteiger partial charge in [-0.15, -0.1) is 0 Å². The van der Waals surface area contributed by atoms with E-state index >= 15 is 0 Å². The van der Waals surface area contributed by atoms with Crippen molar-refractivity contribution in [1.82, 2.24) is 0 Å². The van der Waals surface area contributed by atoms with Gasteiger partial charge in [-0.2, -0.15) is 0 Å². The van der Waals surface area contributed by atoms with Gasteiger partial charge in [0.15, 0.2) is 0 Å². The van der Waals surface area contributed by atoms with Gasteiger partial charge >= 0.3 is 11.9 Å². The Hall–Kier alpha value is -3.28. The molecule has 0 aliphatic heterocycles. The lowest BCUT2D eigenvalue weighted by Crippen LogP contribution is -2.36. The molecular formula is C22H24O6. The Morgan fingerprint density at radius 2 is 1.50 bits per heavy atom. The highest BCUT2D eigenvalue weighted by molar-refractivity contribution is 5.89. The van der Waals surface area contributed by atoms with Gasteiger partial charge in [-0.1, -0.05) is 24.3 Å². The van der Waals surface area contributed by atoms with Gasteiger partial charge in [0, 0.05) is 12.5 Å². The molecule has 0 aromatic heterocycles. The summed E-state index contributed by atoms with van der Waals surface area (Å²) in [7, 11) is 0. The molecule has 0 saturated carbocycles. The molecule has 2 N–H and O–H groups in total. The van der Waals surface area contributed by atoms with Crippen LogP contribution in [0.2, 0.25) is 0 Å². The number of phenols is 2. The summed E-state index contributed by atoms with van der Waals surface area (Å²) >= 11 is 0. The number of carbonyl (C=O) groups excluding carboxylic acids is 2. The van der Waals surface area contributed by atoms with Gasteiger partial charge in [0.2, 0.25) is 6.10 Å². The second-order valence-corrected chi connectivity index (χ2v) is 7.25. The van der Waals surface area contributed by atoms with Crippen molar-refractivity contribution in [2.45, 2.75) is 38.9 Å². The summed E-state index contributed by atoms with van der Waals surface area (Å²) in [6.45, 7) is 5.19. The molecule has 0 amide bonds. The van der Waals surface area contributed by atoms with E-state index in [2.05, 4.69) is 0 Å². The maximum absolute atomic E-state index is 12.5. The second kappa shape index (κ2) is 9.08. The minimum Gasteiger partial charge on any atom is -0.508 e. The fourth-order valence-electron chi connectivity index (χ4n) is 2.32. The fraction of sp³-hybridized carbons (Fsp3) is 0.273. The number of rotatable bonds is 6. The highest BCUT2D eigenvalue weighted by atomic mass is 16.6. The molecule has 1 atom stereocenters. The van der Waals surface area contributed by atoms with E-state index in [1.165, 1.54) is 36.4 Å². The first-order chi connectivity index (χ1) is 13.1. The zero-order valence-corrected chi connectivity index (χ0v) is 16.1. The summed E-state index contributed by atoms with van der Waals surface area (Å²) in [5.74, 6) is -1.11. The van der Waals surface area contributed by atoms with Crippen molar-refractivity contribution in [3.05, 3.63) is 65.7 Å². The van der Waals surface area contributed by atoms with Crippen LogP contribution < -0.4 is 0 Å². The molecule has 6 nitrogen and oxygen atoms in total. The van der Waals surface area contributed by atoms with Crippen LogP contribution in [0.5, 0.6) is 11.5 Å². The van der Waals surface area contributed by atoms with Crippen LogP contribution in [0, 0.1) is 0 Å². The minimum absolute atomic E-state index is 0.103. The molecule has 148 valence electrons. The van der Waals surface area contributed by atoms with Gasteiger partial charge in [0.1, 0.15) is 17.1 Å². The van der Waals surface area contributed by atoms with Crippen molar-refractivity contribution < 1.29 is 29.3 Å². The van der Waals surface area contributed by atoms with Crippen LogP contribution in [0.15, 0.2) is 54.6 Å². The maximum Gasteiger partial charge on any atom is 0.348 e. The highest BCUT2D eigenvalue weighted by Gasteiger charge is 2.28. The normalized spacial score (nSPS) is 12.5. The molecule has 0 aliphatic rings. The van der Waals surface area contributed by atoms with Crippen molar-refractivity contribution in [2.75, 3.05) is 0 Å². The van der Waals surface area contributed by atoms with Crippen LogP contribution >= 0.6 is 0 Å². The zero-order valence-electron chi connectivity index (χ0n) is 16.1. The summed E-state index contributed by atoms with van der Waals surface area (Å²) in [4.78, 5) is 24.7. The Bertz CT molecular complexity index is 829. The summed E-state index contributed by atoms with van der Waals surface area (Å²) in [5, 5.41) is 18.7. The van der Waals surface area contributed by atoms with Crippen LogP contribution in [0.1, 0.15) is 31.9 Å². The van der Waals surface area contributed by atoms with Crippen LogP contribution in [0.4, 0.5) is 0 Å². The monoisotopic (exact) mass is 384 g/mol. The number of hydrogen-bond donors (Lipinski definition) is 2.